The zero-order valence-electron chi connectivity index (χ0n) is 18.1. The van der Waals surface area contributed by atoms with Gasteiger partial charge in [-0.15, -0.1) is 0 Å². The number of ether oxygens (including phenoxy) is 1. The Balaban J connectivity index is 1.59. The molecule has 0 bridgehead atoms. The van der Waals surface area contributed by atoms with Crippen LogP contribution in [-0.2, 0) is 16.1 Å². The minimum Gasteiger partial charge on any atom is -0.494 e. The second-order valence-electron chi connectivity index (χ2n) is 8.08. The maximum atomic E-state index is 13.1. The first kappa shape index (κ1) is 23.1. The van der Waals surface area contributed by atoms with Gasteiger partial charge in [0.1, 0.15) is 11.8 Å². The molecule has 0 radical (unpaired) electrons. The molecule has 0 aliphatic heterocycles. The van der Waals surface area contributed by atoms with Gasteiger partial charge >= 0.3 is 0 Å². The van der Waals surface area contributed by atoms with Crippen LogP contribution in [0, 0.1) is 0 Å². The van der Waals surface area contributed by atoms with Gasteiger partial charge in [0, 0.05) is 24.0 Å². The monoisotopic (exact) mass is 442 g/mol. The topological polar surface area (TPSA) is 58.6 Å². The third kappa shape index (κ3) is 7.28. The van der Waals surface area contributed by atoms with Crippen molar-refractivity contribution in [2.24, 2.45) is 0 Å². The van der Waals surface area contributed by atoms with Crippen LogP contribution >= 0.6 is 11.6 Å². The molecule has 0 spiro atoms. The van der Waals surface area contributed by atoms with Gasteiger partial charge in [-0.1, -0.05) is 54.8 Å². The SMILES string of the molecule is C[C@H](C(=O)NC1CCCC1)N(Cc1ccc(Cl)cc1)C(=O)CCCOc1ccccc1. The molecule has 1 N–H and O–H groups in total. The summed E-state index contributed by atoms with van der Waals surface area (Å²) in [4.78, 5) is 27.6. The van der Waals surface area contributed by atoms with E-state index in [0.717, 1.165) is 37.0 Å². The molecular weight excluding hydrogens is 412 g/mol. The van der Waals surface area contributed by atoms with E-state index in [0.29, 0.717) is 31.0 Å². The summed E-state index contributed by atoms with van der Waals surface area (Å²) in [7, 11) is 0. The molecule has 0 saturated heterocycles. The van der Waals surface area contributed by atoms with Gasteiger partial charge in [0.2, 0.25) is 11.8 Å². The minimum atomic E-state index is -0.543. The molecular formula is C25H31ClN2O3. The standard InChI is InChI=1S/C25H31ClN2O3/c1-19(25(30)27-22-8-5-6-9-22)28(18-20-13-15-21(26)16-14-20)24(29)12-7-17-31-23-10-3-2-4-11-23/h2-4,10-11,13-16,19,22H,5-9,12,17-18H2,1H3,(H,27,30)/t19-/m1/s1. The molecule has 0 aromatic heterocycles. The van der Waals surface area contributed by atoms with Gasteiger partial charge in [0.15, 0.2) is 0 Å². The molecule has 0 heterocycles. The molecule has 1 aliphatic rings. The van der Waals surface area contributed by atoms with E-state index in [1.807, 2.05) is 42.5 Å². The highest BCUT2D eigenvalue weighted by Gasteiger charge is 2.28. The van der Waals surface area contributed by atoms with Gasteiger partial charge in [-0.25, -0.2) is 0 Å². The van der Waals surface area contributed by atoms with Crippen molar-refractivity contribution in [3.63, 3.8) is 0 Å². The smallest absolute Gasteiger partial charge is 0.242 e. The van der Waals surface area contributed by atoms with Gasteiger partial charge in [-0.2, -0.15) is 0 Å². The molecule has 1 atom stereocenters. The number of halogens is 1. The van der Waals surface area contributed by atoms with E-state index in [1.165, 1.54) is 0 Å². The lowest BCUT2D eigenvalue weighted by atomic mass is 10.1. The number of para-hydroxylation sites is 1. The summed E-state index contributed by atoms with van der Waals surface area (Å²) < 4.78 is 5.70. The average Bonchev–Trinajstić information content (AvgIpc) is 3.29. The Hall–Kier alpha value is -2.53. The number of rotatable bonds is 10. The zero-order chi connectivity index (χ0) is 22.1. The molecule has 5 nitrogen and oxygen atoms in total. The maximum Gasteiger partial charge on any atom is 0.242 e. The molecule has 2 amide bonds. The highest BCUT2D eigenvalue weighted by atomic mass is 35.5. The van der Waals surface area contributed by atoms with Crippen LogP contribution in [0.25, 0.3) is 0 Å². The summed E-state index contributed by atoms with van der Waals surface area (Å²) in [6.45, 7) is 2.63. The van der Waals surface area contributed by atoms with Crippen molar-refractivity contribution in [2.45, 2.75) is 64.1 Å². The third-order valence-corrected chi connectivity index (χ3v) is 5.93. The summed E-state index contributed by atoms with van der Waals surface area (Å²) in [5, 5.41) is 3.76. The molecule has 2 aromatic rings. The summed E-state index contributed by atoms with van der Waals surface area (Å²) in [6, 6.07) is 16.6. The van der Waals surface area contributed by atoms with Crippen LogP contribution in [0.15, 0.2) is 54.6 Å². The van der Waals surface area contributed by atoms with E-state index < -0.39 is 6.04 Å². The van der Waals surface area contributed by atoms with Crippen molar-refractivity contribution in [3.05, 3.63) is 65.2 Å². The number of nitrogens with one attached hydrogen (secondary N) is 1. The highest BCUT2D eigenvalue weighted by Crippen LogP contribution is 2.19. The Bertz CT molecular complexity index is 836. The summed E-state index contributed by atoms with van der Waals surface area (Å²) >= 11 is 6.00. The number of amides is 2. The van der Waals surface area contributed by atoms with Gasteiger partial charge in [0.05, 0.1) is 6.61 Å². The first-order valence-electron chi connectivity index (χ1n) is 11.0. The van der Waals surface area contributed by atoms with Crippen LogP contribution in [0.4, 0.5) is 0 Å². The quantitative estimate of drug-likeness (QED) is 0.528. The molecule has 1 fully saturated rings. The van der Waals surface area contributed by atoms with Crippen LogP contribution in [-0.4, -0.2) is 35.4 Å². The zero-order valence-corrected chi connectivity index (χ0v) is 18.8. The van der Waals surface area contributed by atoms with E-state index in [4.69, 9.17) is 16.3 Å². The van der Waals surface area contributed by atoms with Gasteiger partial charge in [-0.3, -0.25) is 9.59 Å². The number of carbonyl (C=O) groups excluding carboxylic acids is 2. The predicted molar refractivity (Wildman–Crippen MR) is 123 cm³/mol. The van der Waals surface area contributed by atoms with Crippen molar-refractivity contribution in [1.82, 2.24) is 10.2 Å². The van der Waals surface area contributed by atoms with Crippen LogP contribution in [0.3, 0.4) is 0 Å². The maximum absolute atomic E-state index is 13.1. The van der Waals surface area contributed by atoms with Crippen LogP contribution < -0.4 is 10.1 Å². The molecule has 3 rings (SSSR count). The second-order valence-corrected chi connectivity index (χ2v) is 8.52. The van der Waals surface area contributed by atoms with E-state index in [2.05, 4.69) is 5.32 Å². The van der Waals surface area contributed by atoms with Crippen molar-refractivity contribution in [3.8, 4) is 5.75 Å². The highest BCUT2D eigenvalue weighted by molar-refractivity contribution is 6.30. The minimum absolute atomic E-state index is 0.0549. The van der Waals surface area contributed by atoms with Crippen molar-refractivity contribution < 1.29 is 14.3 Å². The Morgan fingerprint density at radius 2 is 1.77 bits per heavy atom. The molecule has 166 valence electrons. The number of benzene rings is 2. The van der Waals surface area contributed by atoms with Gasteiger partial charge in [-0.05, 0) is 56.0 Å². The molecule has 6 heteroatoms. The third-order valence-electron chi connectivity index (χ3n) is 5.68. The van der Waals surface area contributed by atoms with E-state index in [9.17, 15) is 9.59 Å². The summed E-state index contributed by atoms with van der Waals surface area (Å²) in [5.74, 6) is 0.646. The van der Waals surface area contributed by atoms with Crippen molar-refractivity contribution in [2.75, 3.05) is 6.61 Å². The number of hydrogen-bond acceptors (Lipinski definition) is 3. The fraction of sp³-hybridized carbons (Fsp3) is 0.440. The Labute approximate surface area is 189 Å². The fourth-order valence-electron chi connectivity index (χ4n) is 3.83. The number of nitrogens with zero attached hydrogens (tertiary/aromatic N) is 1. The Kier molecular flexibility index (Phi) is 8.77. The fourth-order valence-corrected chi connectivity index (χ4v) is 3.96. The first-order valence-corrected chi connectivity index (χ1v) is 11.4. The normalized spacial score (nSPS) is 14.8. The van der Waals surface area contributed by atoms with Crippen LogP contribution in [0.1, 0.15) is 51.0 Å². The predicted octanol–water partition coefficient (Wildman–Crippen LogP) is 4.98. The number of carbonyl (C=O) groups is 2. The van der Waals surface area contributed by atoms with Crippen LogP contribution in [0.5, 0.6) is 5.75 Å². The Morgan fingerprint density at radius 3 is 2.45 bits per heavy atom. The molecule has 1 saturated carbocycles. The molecule has 1 aliphatic carbocycles. The lowest BCUT2D eigenvalue weighted by molar-refractivity contribution is -0.141. The van der Waals surface area contributed by atoms with Crippen LogP contribution in [0.2, 0.25) is 5.02 Å². The van der Waals surface area contributed by atoms with Gasteiger partial charge in [0.25, 0.3) is 0 Å². The number of hydrogen-bond donors (Lipinski definition) is 1. The molecule has 0 unspecified atom stereocenters. The lowest BCUT2D eigenvalue weighted by Gasteiger charge is -2.30. The van der Waals surface area contributed by atoms with E-state index in [-0.39, 0.29) is 17.9 Å². The summed E-state index contributed by atoms with van der Waals surface area (Å²) in [6.07, 6.45) is 5.23. The largest absolute Gasteiger partial charge is 0.494 e. The van der Waals surface area contributed by atoms with Crippen molar-refractivity contribution >= 4 is 23.4 Å². The summed E-state index contributed by atoms with van der Waals surface area (Å²) in [5.41, 5.74) is 0.943. The first-order chi connectivity index (χ1) is 15.0. The lowest BCUT2D eigenvalue weighted by Crippen LogP contribution is -2.49. The van der Waals surface area contributed by atoms with Crippen molar-refractivity contribution in [1.29, 1.82) is 0 Å². The second kappa shape index (κ2) is 11.8. The Morgan fingerprint density at radius 1 is 1.10 bits per heavy atom. The molecule has 2 aromatic carbocycles. The van der Waals surface area contributed by atoms with E-state index >= 15 is 0 Å². The molecule has 31 heavy (non-hydrogen) atoms. The average molecular weight is 443 g/mol. The van der Waals surface area contributed by atoms with Gasteiger partial charge < -0.3 is 15.0 Å². The van der Waals surface area contributed by atoms with E-state index in [1.54, 1.807) is 24.0 Å².